The maximum Gasteiger partial charge on any atom is 0.302 e. The van der Waals surface area contributed by atoms with Gasteiger partial charge in [0.05, 0.1) is 0 Å². The summed E-state index contributed by atoms with van der Waals surface area (Å²) in [5, 5.41) is 0. The number of rotatable bonds is 6. The van der Waals surface area contributed by atoms with Gasteiger partial charge in [-0.2, -0.15) is 0 Å². The molecule has 0 aromatic heterocycles. The highest BCUT2D eigenvalue weighted by Gasteiger charge is 2.58. The minimum Gasteiger partial charge on any atom is -0.463 e. The molecule has 0 aromatic carbocycles. The molecule has 3 fully saturated rings. The average Bonchev–Trinajstić information content (AvgIpc) is 3.08. The molecule has 0 bridgehead atoms. The first kappa shape index (κ1) is 24.3. The van der Waals surface area contributed by atoms with Crippen LogP contribution >= 0.6 is 0 Å². The van der Waals surface area contributed by atoms with Crippen molar-refractivity contribution in [1.82, 2.24) is 0 Å². The minimum absolute atomic E-state index is 0.104. The summed E-state index contributed by atoms with van der Waals surface area (Å²) in [5.74, 6) is 5.58. The SMILES string of the molecule is CC(=O)O[C@H]1CC[C@@]2(C)[C@@H](CC=C3[C@@H]2CC[C@]2(C)[C@@H]([C@H](C)CC[C@H](C)C(C)C)CC[C@@H]32)C1. The third kappa shape index (κ3) is 4.22. The molecule has 4 aliphatic rings. The molecular weight excluding hydrogens is 392 g/mol. The fourth-order valence-corrected chi connectivity index (χ4v) is 8.85. The molecule has 0 saturated heterocycles. The zero-order chi connectivity index (χ0) is 23.3. The number of allylic oxidation sites excluding steroid dienone is 2. The topological polar surface area (TPSA) is 26.3 Å². The van der Waals surface area contributed by atoms with Crippen molar-refractivity contribution in [1.29, 1.82) is 0 Å². The summed E-state index contributed by atoms with van der Waals surface area (Å²) >= 11 is 0. The van der Waals surface area contributed by atoms with Gasteiger partial charge < -0.3 is 4.74 Å². The van der Waals surface area contributed by atoms with Crippen LogP contribution in [0.15, 0.2) is 11.6 Å². The van der Waals surface area contributed by atoms with Crippen LogP contribution in [0, 0.1) is 52.3 Å². The van der Waals surface area contributed by atoms with Gasteiger partial charge in [-0.15, -0.1) is 0 Å². The lowest BCUT2D eigenvalue weighted by Crippen LogP contribution is -2.50. The van der Waals surface area contributed by atoms with Crippen molar-refractivity contribution in [3.63, 3.8) is 0 Å². The Morgan fingerprint density at radius 2 is 1.69 bits per heavy atom. The lowest BCUT2D eigenvalue weighted by atomic mass is 9.47. The predicted octanol–water partition coefficient (Wildman–Crippen LogP) is 8.21. The fourth-order valence-electron chi connectivity index (χ4n) is 8.85. The van der Waals surface area contributed by atoms with Crippen LogP contribution in [0.1, 0.15) is 113 Å². The number of carbonyl (C=O) groups is 1. The molecular formula is C30H50O2. The Labute approximate surface area is 198 Å². The van der Waals surface area contributed by atoms with Gasteiger partial charge in [-0.1, -0.05) is 66.0 Å². The predicted molar refractivity (Wildman–Crippen MR) is 133 cm³/mol. The summed E-state index contributed by atoms with van der Waals surface area (Å²) in [6, 6.07) is 0. The van der Waals surface area contributed by atoms with E-state index >= 15 is 0 Å². The highest BCUT2D eigenvalue weighted by Crippen LogP contribution is 2.67. The van der Waals surface area contributed by atoms with Gasteiger partial charge in [0.15, 0.2) is 0 Å². The fraction of sp³-hybridized carbons (Fsp3) is 0.900. The normalized spacial score (nSPS) is 43.0. The van der Waals surface area contributed by atoms with E-state index in [1.54, 1.807) is 6.92 Å². The molecule has 0 spiro atoms. The van der Waals surface area contributed by atoms with Crippen molar-refractivity contribution in [3.8, 4) is 0 Å². The Morgan fingerprint density at radius 1 is 1.00 bits per heavy atom. The van der Waals surface area contributed by atoms with Crippen LogP contribution < -0.4 is 0 Å². The summed E-state index contributed by atoms with van der Waals surface area (Å²) < 4.78 is 5.64. The van der Waals surface area contributed by atoms with E-state index in [1.165, 1.54) is 51.4 Å². The van der Waals surface area contributed by atoms with Gasteiger partial charge in [0.2, 0.25) is 0 Å². The summed E-state index contributed by atoms with van der Waals surface area (Å²) in [6.45, 7) is 16.6. The standard InChI is InChI=1S/C30H50O2/c1-19(2)20(3)8-9-21(4)26-12-13-27-25-11-10-23-18-24(32-22(5)31)14-16-29(23,6)28(25)15-17-30(26,27)7/h11,19-21,23-24,26-28H,8-10,12-18H2,1-7H3/t20-,21+,23-,24-,26+,27-,28-,29-,30+/m0/s1. The van der Waals surface area contributed by atoms with Gasteiger partial charge in [0, 0.05) is 6.92 Å². The molecule has 32 heavy (non-hydrogen) atoms. The largest absolute Gasteiger partial charge is 0.463 e. The lowest BCUT2D eigenvalue weighted by Gasteiger charge is -2.58. The van der Waals surface area contributed by atoms with Crippen molar-refractivity contribution in [3.05, 3.63) is 11.6 Å². The first-order valence-electron chi connectivity index (χ1n) is 13.9. The highest BCUT2D eigenvalue weighted by molar-refractivity contribution is 5.66. The molecule has 0 aliphatic heterocycles. The summed E-state index contributed by atoms with van der Waals surface area (Å²) in [5.41, 5.74) is 2.79. The zero-order valence-electron chi connectivity index (χ0n) is 22.1. The van der Waals surface area contributed by atoms with Crippen molar-refractivity contribution < 1.29 is 9.53 Å². The molecule has 2 heteroatoms. The molecule has 3 saturated carbocycles. The van der Waals surface area contributed by atoms with Crippen LogP contribution in [0.3, 0.4) is 0 Å². The Bertz CT molecular complexity index is 722. The second kappa shape index (κ2) is 9.10. The average molecular weight is 443 g/mol. The van der Waals surface area contributed by atoms with E-state index in [-0.39, 0.29) is 12.1 Å². The minimum atomic E-state index is -0.104. The first-order chi connectivity index (χ1) is 15.1. The molecule has 0 heterocycles. The van der Waals surface area contributed by atoms with Crippen molar-refractivity contribution in [2.45, 2.75) is 119 Å². The van der Waals surface area contributed by atoms with E-state index in [2.05, 4.69) is 47.6 Å². The summed E-state index contributed by atoms with van der Waals surface area (Å²) in [4.78, 5) is 11.5. The van der Waals surface area contributed by atoms with Crippen molar-refractivity contribution >= 4 is 5.97 Å². The van der Waals surface area contributed by atoms with E-state index in [1.807, 2.05) is 5.57 Å². The van der Waals surface area contributed by atoms with Gasteiger partial charge in [-0.05, 0) is 104 Å². The quantitative estimate of drug-likeness (QED) is 0.306. The Kier molecular flexibility index (Phi) is 6.92. The molecule has 0 radical (unpaired) electrons. The molecule has 0 unspecified atom stereocenters. The monoisotopic (exact) mass is 442 g/mol. The van der Waals surface area contributed by atoms with Crippen LogP contribution in [0.5, 0.6) is 0 Å². The molecule has 9 atom stereocenters. The Balaban J connectivity index is 1.47. The van der Waals surface area contributed by atoms with E-state index in [0.717, 1.165) is 48.3 Å². The van der Waals surface area contributed by atoms with Crippen LogP contribution in [0.25, 0.3) is 0 Å². The van der Waals surface area contributed by atoms with Crippen LogP contribution in [0.4, 0.5) is 0 Å². The third-order valence-electron chi connectivity index (χ3n) is 11.3. The van der Waals surface area contributed by atoms with Gasteiger partial charge >= 0.3 is 5.97 Å². The smallest absolute Gasteiger partial charge is 0.302 e. The van der Waals surface area contributed by atoms with Crippen molar-refractivity contribution in [2.75, 3.05) is 0 Å². The van der Waals surface area contributed by atoms with E-state index in [0.29, 0.717) is 16.7 Å². The van der Waals surface area contributed by atoms with Gasteiger partial charge in [0.25, 0.3) is 0 Å². The van der Waals surface area contributed by atoms with E-state index in [4.69, 9.17) is 4.74 Å². The number of hydrogen-bond acceptors (Lipinski definition) is 2. The van der Waals surface area contributed by atoms with E-state index < -0.39 is 0 Å². The number of esters is 1. The third-order valence-corrected chi connectivity index (χ3v) is 11.3. The molecule has 0 N–H and O–H groups in total. The first-order valence-corrected chi connectivity index (χ1v) is 13.9. The maximum atomic E-state index is 11.5. The number of ether oxygens (including phenoxy) is 1. The zero-order valence-corrected chi connectivity index (χ0v) is 22.1. The summed E-state index contributed by atoms with van der Waals surface area (Å²) in [7, 11) is 0. The maximum absolute atomic E-state index is 11.5. The van der Waals surface area contributed by atoms with Gasteiger partial charge in [-0.3, -0.25) is 4.79 Å². The second-order valence-electron chi connectivity index (χ2n) is 13.3. The molecule has 4 aliphatic carbocycles. The second-order valence-corrected chi connectivity index (χ2v) is 13.3. The van der Waals surface area contributed by atoms with Crippen LogP contribution in [-0.4, -0.2) is 12.1 Å². The molecule has 2 nitrogen and oxygen atoms in total. The van der Waals surface area contributed by atoms with Gasteiger partial charge in [0.1, 0.15) is 6.10 Å². The molecule has 0 amide bonds. The van der Waals surface area contributed by atoms with Crippen molar-refractivity contribution in [2.24, 2.45) is 52.3 Å². The summed E-state index contributed by atoms with van der Waals surface area (Å²) in [6.07, 6.45) is 15.9. The molecule has 182 valence electrons. The highest BCUT2D eigenvalue weighted by atomic mass is 16.5. The lowest BCUT2D eigenvalue weighted by molar-refractivity contribution is -0.152. The van der Waals surface area contributed by atoms with Gasteiger partial charge in [-0.25, -0.2) is 0 Å². The Hall–Kier alpha value is -0.790. The Morgan fingerprint density at radius 3 is 2.38 bits per heavy atom. The number of carbonyl (C=O) groups excluding carboxylic acids is 1. The van der Waals surface area contributed by atoms with E-state index in [9.17, 15) is 4.79 Å². The molecule has 0 aromatic rings. The van der Waals surface area contributed by atoms with Crippen LogP contribution in [0.2, 0.25) is 0 Å². The number of hydrogen-bond donors (Lipinski definition) is 0. The number of fused-ring (bicyclic) bond motifs is 5. The molecule has 4 rings (SSSR count). The van der Waals surface area contributed by atoms with Crippen LogP contribution in [-0.2, 0) is 9.53 Å².